The topological polar surface area (TPSA) is 38.3 Å². The lowest BCUT2D eigenvalue weighted by Gasteiger charge is -2.29. The molecule has 0 unspecified atom stereocenters. The average molecular weight is 332 g/mol. The minimum Gasteiger partial charge on any atom is -0.464 e. The van der Waals surface area contributed by atoms with Gasteiger partial charge in [-0.1, -0.05) is 62.9 Å². The molecule has 2 rings (SSSR count). The van der Waals surface area contributed by atoms with Crippen LogP contribution in [0.2, 0.25) is 0 Å². The molecule has 3 heteroatoms. The number of carbonyl (C=O) groups is 1. The zero-order valence-corrected chi connectivity index (χ0v) is 15.3. The number of nitrogens with one attached hydrogen (secondary N) is 1. The molecule has 1 aromatic carbocycles. The lowest BCUT2D eigenvalue weighted by atomic mass is 9.77. The summed E-state index contributed by atoms with van der Waals surface area (Å²) in [6.45, 7) is 5.56. The second-order valence-corrected chi connectivity index (χ2v) is 7.10. The van der Waals surface area contributed by atoms with Gasteiger partial charge in [0.15, 0.2) is 0 Å². The standard InChI is InChI=1S/C21H33NO2/c1-3-10-17(2)22-15-16-24-21(23)20(18-11-6-4-7-12-18)19-13-8-5-9-14-19/h4,6-7,11-12,17,19-20,22H,3,5,8-10,13-16H2,1-2H3/t17-,20-/m0/s1. The van der Waals surface area contributed by atoms with Crippen LogP contribution in [0.1, 0.15) is 70.3 Å². The highest BCUT2D eigenvalue weighted by atomic mass is 16.5. The van der Waals surface area contributed by atoms with Crippen LogP contribution in [-0.2, 0) is 9.53 Å². The number of rotatable bonds is 9. The first-order valence-corrected chi connectivity index (χ1v) is 9.67. The van der Waals surface area contributed by atoms with Gasteiger partial charge in [0, 0.05) is 12.6 Å². The molecule has 1 N–H and O–H groups in total. The summed E-state index contributed by atoms with van der Waals surface area (Å²) in [6.07, 6.45) is 8.37. The number of carbonyl (C=O) groups excluding carboxylic acids is 1. The van der Waals surface area contributed by atoms with Crippen molar-refractivity contribution < 1.29 is 9.53 Å². The van der Waals surface area contributed by atoms with Gasteiger partial charge in [-0.05, 0) is 37.7 Å². The van der Waals surface area contributed by atoms with Crippen molar-refractivity contribution in [1.82, 2.24) is 5.32 Å². The molecule has 1 saturated carbocycles. The van der Waals surface area contributed by atoms with Crippen LogP contribution in [0.3, 0.4) is 0 Å². The van der Waals surface area contributed by atoms with Gasteiger partial charge < -0.3 is 10.1 Å². The smallest absolute Gasteiger partial charge is 0.313 e. The molecule has 0 heterocycles. The fourth-order valence-corrected chi connectivity index (χ4v) is 3.81. The van der Waals surface area contributed by atoms with Crippen LogP contribution < -0.4 is 5.32 Å². The van der Waals surface area contributed by atoms with E-state index in [0.717, 1.165) is 31.4 Å². The number of esters is 1. The normalized spacial score (nSPS) is 18.1. The summed E-state index contributed by atoms with van der Waals surface area (Å²) in [6, 6.07) is 10.7. The molecule has 0 aromatic heterocycles. The van der Waals surface area contributed by atoms with Gasteiger partial charge in [-0.2, -0.15) is 0 Å². The molecule has 1 fully saturated rings. The van der Waals surface area contributed by atoms with Crippen molar-refractivity contribution in [3.8, 4) is 0 Å². The molecule has 24 heavy (non-hydrogen) atoms. The van der Waals surface area contributed by atoms with Crippen molar-refractivity contribution in [1.29, 1.82) is 0 Å². The monoisotopic (exact) mass is 331 g/mol. The minimum atomic E-state index is -0.0976. The highest BCUT2D eigenvalue weighted by molar-refractivity contribution is 5.78. The van der Waals surface area contributed by atoms with E-state index < -0.39 is 0 Å². The Bertz CT molecular complexity index is 468. The third-order valence-corrected chi connectivity index (χ3v) is 5.09. The zero-order chi connectivity index (χ0) is 17.2. The molecule has 3 nitrogen and oxygen atoms in total. The van der Waals surface area contributed by atoms with Crippen molar-refractivity contribution >= 4 is 5.97 Å². The Balaban J connectivity index is 1.90. The molecule has 1 aliphatic rings. The Morgan fingerprint density at radius 3 is 2.58 bits per heavy atom. The van der Waals surface area contributed by atoms with E-state index in [2.05, 4.69) is 31.3 Å². The van der Waals surface area contributed by atoms with Crippen LogP contribution >= 0.6 is 0 Å². The van der Waals surface area contributed by atoms with Gasteiger partial charge in [0.1, 0.15) is 6.61 Å². The Kier molecular flexibility index (Phi) is 8.31. The van der Waals surface area contributed by atoms with E-state index in [1.165, 1.54) is 25.7 Å². The Morgan fingerprint density at radius 1 is 1.21 bits per heavy atom. The minimum absolute atomic E-state index is 0.0435. The molecule has 0 amide bonds. The van der Waals surface area contributed by atoms with Crippen LogP contribution in [0.25, 0.3) is 0 Å². The maximum absolute atomic E-state index is 12.8. The highest BCUT2D eigenvalue weighted by Gasteiger charge is 2.32. The van der Waals surface area contributed by atoms with Crippen LogP contribution in [0.15, 0.2) is 30.3 Å². The Morgan fingerprint density at radius 2 is 1.92 bits per heavy atom. The molecule has 0 aliphatic heterocycles. The van der Waals surface area contributed by atoms with Crippen LogP contribution in [0.4, 0.5) is 0 Å². The summed E-state index contributed by atoms with van der Waals surface area (Å²) < 4.78 is 5.64. The predicted octanol–water partition coefficient (Wildman–Crippen LogP) is 4.67. The molecule has 0 bridgehead atoms. The largest absolute Gasteiger partial charge is 0.464 e. The van der Waals surface area contributed by atoms with E-state index in [0.29, 0.717) is 18.6 Å². The first-order valence-electron chi connectivity index (χ1n) is 9.67. The maximum atomic E-state index is 12.8. The van der Waals surface area contributed by atoms with Gasteiger partial charge in [-0.15, -0.1) is 0 Å². The predicted molar refractivity (Wildman–Crippen MR) is 99.1 cm³/mol. The lowest BCUT2D eigenvalue weighted by molar-refractivity contribution is -0.147. The van der Waals surface area contributed by atoms with Crippen LogP contribution in [-0.4, -0.2) is 25.2 Å². The highest BCUT2D eigenvalue weighted by Crippen LogP contribution is 2.36. The van der Waals surface area contributed by atoms with Gasteiger partial charge in [0.2, 0.25) is 0 Å². The maximum Gasteiger partial charge on any atom is 0.313 e. The molecule has 0 radical (unpaired) electrons. The van der Waals surface area contributed by atoms with E-state index >= 15 is 0 Å². The van der Waals surface area contributed by atoms with E-state index in [-0.39, 0.29) is 11.9 Å². The Labute approximate surface area is 147 Å². The van der Waals surface area contributed by atoms with E-state index in [4.69, 9.17) is 4.74 Å². The second-order valence-electron chi connectivity index (χ2n) is 7.10. The third kappa shape index (κ3) is 5.94. The van der Waals surface area contributed by atoms with Crippen LogP contribution in [0, 0.1) is 5.92 Å². The first kappa shape index (κ1) is 19.0. The van der Waals surface area contributed by atoms with Crippen molar-refractivity contribution in [2.45, 2.75) is 70.8 Å². The van der Waals surface area contributed by atoms with Gasteiger partial charge in [0.25, 0.3) is 0 Å². The number of ether oxygens (including phenoxy) is 1. The molecular formula is C21H33NO2. The van der Waals surface area contributed by atoms with Crippen molar-refractivity contribution in [2.75, 3.05) is 13.2 Å². The average Bonchev–Trinajstić information content (AvgIpc) is 2.61. The quantitative estimate of drug-likeness (QED) is 0.528. The van der Waals surface area contributed by atoms with Gasteiger partial charge in [-0.3, -0.25) is 4.79 Å². The molecular weight excluding hydrogens is 298 g/mol. The number of hydrogen-bond donors (Lipinski definition) is 1. The fraction of sp³-hybridized carbons (Fsp3) is 0.667. The van der Waals surface area contributed by atoms with E-state index in [1.54, 1.807) is 0 Å². The summed E-state index contributed by atoms with van der Waals surface area (Å²) in [7, 11) is 0. The molecule has 2 atom stereocenters. The lowest BCUT2D eigenvalue weighted by Crippen LogP contribution is -2.32. The second kappa shape index (κ2) is 10.5. The number of hydrogen-bond acceptors (Lipinski definition) is 3. The van der Waals surface area contributed by atoms with E-state index in [1.807, 2.05) is 18.2 Å². The summed E-state index contributed by atoms with van der Waals surface area (Å²) in [5.74, 6) is 0.290. The van der Waals surface area contributed by atoms with Crippen LogP contribution in [0.5, 0.6) is 0 Å². The molecule has 0 spiro atoms. The van der Waals surface area contributed by atoms with Gasteiger partial charge in [0.05, 0.1) is 5.92 Å². The Hall–Kier alpha value is -1.35. The zero-order valence-electron chi connectivity index (χ0n) is 15.3. The molecule has 0 saturated heterocycles. The van der Waals surface area contributed by atoms with Gasteiger partial charge in [-0.25, -0.2) is 0 Å². The van der Waals surface area contributed by atoms with Crippen molar-refractivity contribution in [3.63, 3.8) is 0 Å². The summed E-state index contributed by atoms with van der Waals surface area (Å²) in [5.41, 5.74) is 1.11. The summed E-state index contributed by atoms with van der Waals surface area (Å²) in [5, 5.41) is 3.42. The molecule has 1 aromatic rings. The summed E-state index contributed by atoms with van der Waals surface area (Å²) in [4.78, 5) is 12.8. The molecule has 1 aliphatic carbocycles. The van der Waals surface area contributed by atoms with E-state index in [9.17, 15) is 4.79 Å². The van der Waals surface area contributed by atoms with Gasteiger partial charge >= 0.3 is 5.97 Å². The molecule has 134 valence electrons. The van der Waals surface area contributed by atoms with Crippen molar-refractivity contribution in [2.24, 2.45) is 5.92 Å². The third-order valence-electron chi connectivity index (χ3n) is 5.09. The fourth-order valence-electron chi connectivity index (χ4n) is 3.81. The summed E-state index contributed by atoms with van der Waals surface area (Å²) >= 11 is 0. The number of benzene rings is 1. The first-order chi connectivity index (χ1) is 11.7. The SMILES string of the molecule is CCC[C@H](C)NCCOC(=O)[C@@H](c1ccccc1)C1CCCCC1. The van der Waals surface area contributed by atoms with Crippen molar-refractivity contribution in [3.05, 3.63) is 35.9 Å².